The molecule has 0 radical (unpaired) electrons. The highest BCUT2D eigenvalue weighted by molar-refractivity contribution is 7.47. The number of hydrogen-bond donors (Lipinski definition) is 3. The standard InChI is InChI=1S/C43H87O9P/c1-3-5-7-9-11-13-15-17-19-20-22-24-26-28-30-32-34-36-49-39-42(40-51-53(47,48)50-38-41(45)37-44)52-43(46)35-33-31-29-27-25-23-21-18-16-14-12-10-8-6-4-2/h41-42,44-45H,3-40H2,1-2H3,(H,47,48). The Morgan fingerprint density at radius 2 is 0.849 bits per heavy atom. The molecule has 0 aromatic carbocycles. The molecule has 0 bridgehead atoms. The summed E-state index contributed by atoms with van der Waals surface area (Å²) >= 11 is 0. The third kappa shape index (κ3) is 40.9. The third-order valence-corrected chi connectivity index (χ3v) is 11.0. The third-order valence-electron chi connectivity index (χ3n) is 10.0. The van der Waals surface area contributed by atoms with Gasteiger partial charge in [-0.15, -0.1) is 0 Å². The average molecular weight is 779 g/mol. The van der Waals surface area contributed by atoms with Crippen LogP contribution in [0.5, 0.6) is 0 Å². The van der Waals surface area contributed by atoms with E-state index >= 15 is 0 Å². The van der Waals surface area contributed by atoms with Gasteiger partial charge in [0.2, 0.25) is 0 Å². The first-order chi connectivity index (χ1) is 25.8. The summed E-state index contributed by atoms with van der Waals surface area (Å²) in [7, 11) is -4.51. The van der Waals surface area contributed by atoms with E-state index in [1.54, 1.807) is 0 Å². The molecule has 3 N–H and O–H groups in total. The summed E-state index contributed by atoms with van der Waals surface area (Å²) in [6.07, 6.45) is 39.1. The second-order valence-electron chi connectivity index (χ2n) is 15.4. The van der Waals surface area contributed by atoms with Crippen LogP contribution in [0.15, 0.2) is 0 Å². The number of rotatable bonds is 44. The molecular formula is C43H87O9P. The lowest BCUT2D eigenvalue weighted by Gasteiger charge is -2.20. The Morgan fingerprint density at radius 3 is 1.23 bits per heavy atom. The maximum atomic E-state index is 12.6. The van der Waals surface area contributed by atoms with Crippen LogP contribution in [0.4, 0.5) is 0 Å². The number of ether oxygens (including phenoxy) is 2. The Morgan fingerprint density at radius 1 is 0.509 bits per heavy atom. The van der Waals surface area contributed by atoms with Gasteiger partial charge < -0.3 is 24.6 Å². The van der Waals surface area contributed by atoms with Gasteiger partial charge in [-0.05, 0) is 12.8 Å². The van der Waals surface area contributed by atoms with Crippen molar-refractivity contribution in [3.8, 4) is 0 Å². The Balaban J connectivity index is 4.09. The van der Waals surface area contributed by atoms with Gasteiger partial charge in [0.05, 0.1) is 26.4 Å². The first kappa shape index (κ1) is 52.5. The van der Waals surface area contributed by atoms with Gasteiger partial charge in [0.1, 0.15) is 12.2 Å². The van der Waals surface area contributed by atoms with Crippen molar-refractivity contribution in [1.82, 2.24) is 0 Å². The molecule has 0 rings (SSSR count). The minimum absolute atomic E-state index is 0.0583. The van der Waals surface area contributed by atoms with Gasteiger partial charge in [0.25, 0.3) is 0 Å². The van der Waals surface area contributed by atoms with E-state index in [9.17, 15) is 19.4 Å². The van der Waals surface area contributed by atoms with Gasteiger partial charge in [0.15, 0.2) is 0 Å². The van der Waals surface area contributed by atoms with Gasteiger partial charge in [-0.2, -0.15) is 0 Å². The summed E-state index contributed by atoms with van der Waals surface area (Å²) in [4.78, 5) is 22.6. The lowest BCUT2D eigenvalue weighted by molar-refractivity contribution is -0.154. The van der Waals surface area contributed by atoms with E-state index in [0.717, 1.165) is 32.1 Å². The summed E-state index contributed by atoms with van der Waals surface area (Å²) in [5.74, 6) is -0.376. The van der Waals surface area contributed by atoms with Crippen molar-refractivity contribution < 1.29 is 43.0 Å². The van der Waals surface area contributed by atoms with Crippen molar-refractivity contribution in [2.75, 3.05) is 33.0 Å². The van der Waals surface area contributed by atoms with Gasteiger partial charge in [0, 0.05) is 13.0 Å². The highest BCUT2D eigenvalue weighted by Gasteiger charge is 2.26. The Hall–Kier alpha value is -0.540. The van der Waals surface area contributed by atoms with Crippen LogP contribution in [0.1, 0.15) is 226 Å². The Bertz CT molecular complexity index is 800. The zero-order valence-electron chi connectivity index (χ0n) is 34.8. The average Bonchev–Trinajstić information content (AvgIpc) is 3.15. The highest BCUT2D eigenvalue weighted by Crippen LogP contribution is 2.43. The molecule has 0 saturated carbocycles. The number of carbonyl (C=O) groups is 1. The molecule has 0 aromatic heterocycles. The van der Waals surface area contributed by atoms with E-state index in [2.05, 4.69) is 13.8 Å². The number of carbonyl (C=O) groups excluding carboxylic acids is 1. The summed E-state index contributed by atoms with van der Waals surface area (Å²) in [6, 6.07) is 0. The van der Waals surface area contributed by atoms with E-state index in [1.165, 1.54) is 173 Å². The SMILES string of the molecule is CCCCCCCCCCCCCCCCCCCOCC(COP(=O)(O)OCC(O)CO)OC(=O)CCCCCCCCCCCCCCCCC. The van der Waals surface area contributed by atoms with Crippen LogP contribution in [0.3, 0.4) is 0 Å². The molecule has 53 heavy (non-hydrogen) atoms. The van der Waals surface area contributed by atoms with Crippen molar-refractivity contribution in [2.45, 2.75) is 238 Å². The maximum absolute atomic E-state index is 12.6. The van der Waals surface area contributed by atoms with Crippen LogP contribution >= 0.6 is 7.82 Å². The first-order valence-corrected chi connectivity index (χ1v) is 24.0. The Kier molecular flexibility index (Phi) is 40.7. The van der Waals surface area contributed by atoms with E-state index in [0.29, 0.717) is 6.61 Å². The van der Waals surface area contributed by atoms with E-state index in [1.807, 2.05) is 0 Å². The second-order valence-corrected chi connectivity index (χ2v) is 16.9. The normalized spacial score (nSPS) is 14.0. The van der Waals surface area contributed by atoms with Crippen LogP contribution in [-0.2, 0) is 27.9 Å². The van der Waals surface area contributed by atoms with Crippen LogP contribution in [0.25, 0.3) is 0 Å². The summed E-state index contributed by atoms with van der Waals surface area (Å²) in [5, 5.41) is 18.3. The molecule has 0 fully saturated rings. The largest absolute Gasteiger partial charge is 0.472 e. The lowest BCUT2D eigenvalue weighted by Crippen LogP contribution is -2.29. The molecule has 318 valence electrons. The molecule has 3 unspecified atom stereocenters. The number of esters is 1. The molecule has 0 heterocycles. The molecule has 0 saturated heterocycles. The first-order valence-electron chi connectivity index (χ1n) is 22.5. The minimum atomic E-state index is -4.51. The van der Waals surface area contributed by atoms with Crippen LogP contribution in [0, 0.1) is 0 Å². The molecule has 3 atom stereocenters. The lowest BCUT2D eigenvalue weighted by atomic mass is 10.0. The summed E-state index contributed by atoms with van der Waals surface area (Å²) in [6.45, 7) is 3.58. The molecule has 10 heteroatoms. The van der Waals surface area contributed by atoms with Crippen molar-refractivity contribution in [2.24, 2.45) is 0 Å². The maximum Gasteiger partial charge on any atom is 0.472 e. The monoisotopic (exact) mass is 779 g/mol. The number of phosphoric ester groups is 1. The number of aliphatic hydroxyl groups is 2. The second kappa shape index (κ2) is 41.1. The zero-order chi connectivity index (χ0) is 38.9. The van der Waals surface area contributed by atoms with E-state index < -0.39 is 33.2 Å². The van der Waals surface area contributed by atoms with E-state index in [4.69, 9.17) is 23.6 Å². The minimum Gasteiger partial charge on any atom is -0.457 e. The molecule has 0 spiro atoms. The van der Waals surface area contributed by atoms with Gasteiger partial charge in [-0.25, -0.2) is 4.57 Å². The molecule has 0 aromatic rings. The van der Waals surface area contributed by atoms with Gasteiger partial charge >= 0.3 is 13.8 Å². The molecule has 0 aliphatic rings. The van der Waals surface area contributed by atoms with E-state index in [-0.39, 0.29) is 25.6 Å². The van der Waals surface area contributed by atoms with Gasteiger partial charge in [-0.3, -0.25) is 13.8 Å². The number of aliphatic hydroxyl groups excluding tert-OH is 2. The van der Waals surface area contributed by atoms with Crippen molar-refractivity contribution >= 4 is 13.8 Å². The number of phosphoric acid groups is 1. The van der Waals surface area contributed by atoms with Crippen molar-refractivity contribution in [3.63, 3.8) is 0 Å². The molecular weight excluding hydrogens is 691 g/mol. The number of hydrogen-bond acceptors (Lipinski definition) is 8. The number of unbranched alkanes of at least 4 members (excludes halogenated alkanes) is 30. The smallest absolute Gasteiger partial charge is 0.457 e. The predicted octanol–water partition coefficient (Wildman–Crippen LogP) is 12.3. The quantitative estimate of drug-likeness (QED) is 0.0314. The van der Waals surface area contributed by atoms with Crippen molar-refractivity contribution in [1.29, 1.82) is 0 Å². The zero-order valence-corrected chi connectivity index (χ0v) is 35.7. The van der Waals surface area contributed by atoms with Crippen LogP contribution in [0.2, 0.25) is 0 Å². The summed E-state index contributed by atoms with van der Waals surface area (Å²) in [5.41, 5.74) is 0. The molecule has 0 amide bonds. The molecule has 0 aliphatic carbocycles. The predicted molar refractivity (Wildman–Crippen MR) is 219 cm³/mol. The fraction of sp³-hybridized carbons (Fsp3) is 0.977. The highest BCUT2D eigenvalue weighted by atomic mass is 31.2. The molecule has 0 aliphatic heterocycles. The van der Waals surface area contributed by atoms with Crippen molar-refractivity contribution in [3.05, 3.63) is 0 Å². The topological polar surface area (TPSA) is 132 Å². The molecule has 9 nitrogen and oxygen atoms in total. The fourth-order valence-electron chi connectivity index (χ4n) is 6.59. The van der Waals surface area contributed by atoms with Crippen LogP contribution < -0.4 is 0 Å². The summed E-state index contributed by atoms with van der Waals surface area (Å²) < 4.78 is 33.4. The fourth-order valence-corrected chi connectivity index (χ4v) is 7.38. The van der Waals surface area contributed by atoms with Gasteiger partial charge in [-0.1, -0.05) is 206 Å². The Labute approximate surface area is 327 Å². The van der Waals surface area contributed by atoms with Crippen LogP contribution in [-0.4, -0.2) is 66.3 Å².